The van der Waals surface area contributed by atoms with Gasteiger partial charge in [-0.15, -0.1) is 0 Å². The SMILES string of the molecule is O=C(O)COC(=O)CC(O)CN1C(=O)CCC1=O. The summed E-state index contributed by atoms with van der Waals surface area (Å²) in [4.78, 5) is 44.5. The number of likely N-dealkylation sites (tertiary alicyclic amines) is 1. The van der Waals surface area contributed by atoms with Crippen LogP contribution in [0.15, 0.2) is 0 Å². The van der Waals surface area contributed by atoms with Gasteiger partial charge in [-0.1, -0.05) is 0 Å². The van der Waals surface area contributed by atoms with Crippen molar-refractivity contribution in [2.24, 2.45) is 0 Å². The van der Waals surface area contributed by atoms with E-state index in [0.717, 1.165) is 4.90 Å². The van der Waals surface area contributed by atoms with Gasteiger partial charge < -0.3 is 14.9 Å². The van der Waals surface area contributed by atoms with Gasteiger partial charge in [0.05, 0.1) is 19.1 Å². The standard InChI is InChI=1S/C10H13NO7/c12-6(3-10(17)18-5-9(15)16)4-11-7(13)1-2-8(11)14/h6,12H,1-5H2,(H,15,16). The van der Waals surface area contributed by atoms with Crippen LogP contribution in [0.2, 0.25) is 0 Å². The Labute approximate surface area is 102 Å². The average molecular weight is 259 g/mol. The fraction of sp³-hybridized carbons (Fsp3) is 0.600. The first-order valence-corrected chi connectivity index (χ1v) is 5.29. The number of carbonyl (C=O) groups excluding carboxylic acids is 3. The first-order chi connectivity index (χ1) is 8.40. The summed E-state index contributed by atoms with van der Waals surface area (Å²) in [6.07, 6.45) is -1.51. The van der Waals surface area contributed by atoms with E-state index >= 15 is 0 Å². The maximum absolute atomic E-state index is 11.2. The number of β-amino-alcohol motifs (C(OH)–C–C–N with tert-alkyl or cyclic N) is 1. The summed E-state index contributed by atoms with van der Waals surface area (Å²) in [7, 11) is 0. The third kappa shape index (κ3) is 4.13. The lowest BCUT2D eigenvalue weighted by molar-refractivity contribution is -0.157. The van der Waals surface area contributed by atoms with Gasteiger partial charge in [-0.3, -0.25) is 19.3 Å². The van der Waals surface area contributed by atoms with Gasteiger partial charge in [-0.05, 0) is 0 Å². The first-order valence-electron chi connectivity index (χ1n) is 5.29. The van der Waals surface area contributed by atoms with Gasteiger partial charge in [0.1, 0.15) is 0 Å². The molecule has 1 saturated heterocycles. The minimum Gasteiger partial charge on any atom is -0.479 e. The zero-order chi connectivity index (χ0) is 13.7. The number of imide groups is 1. The number of amides is 2. The molecule has 8 heteroatoms. The number of aliphatic hydroxyl groups excluding tert-OH is 1. The van der Waals surface area contributed by atoms with Crippen LogP contribution in [0.25, 0.3) is 0 Å². The van der Waals surface area contributed by atoms with Gasteiger partial charge in [0.15, 0.2) is 6.61 Å². The lowest BCUT2D eigenvalue weighted by Gasteiger charge is -2.17. The summed E-state index contributed by atoms with van der Waals surface area (Å²) < 4.78 is 4.31. The largest absolute Gasteiger partial charge is 0.479 e. The van der Waals surface area contributed by atoms with Crippen LogP contribution in [-0.4, -0.2) is 58.1 Å². The lowest BCUT2D eigenvalue weighted by atomic mass is 10.2. The quantitative estimate of drug-likeness (QED) is 0.440. The van der Waals surface area contributed by atoms with Crippen LogP contribution < -0.4 is 0 Å². The summed E-state index contributed by atoms with van der Waals surface area (Å²) in [6, 6.07) is 0. The number of rotatable bonds is 6. The molecule has 1 heterocycles. The highest BCUT2D eigenvalue weighted by Gasteiger charge is 2.31. The predicted octanol–water partition coefficient (Wildman–Crippen LogP) is -1.49. The molecule has 0 spiro atoms. The van der Waals surface area contributed by atoms with Crippen molar-refractivity contribution >= 4 is 23.8 Å². The molecule has 1 aliphatic heterocycles. The molecule has 1 atom stereocenters. The second kappa shape index (κ2) is 6.10. The van der Waals surface area contributed by atoms with E-state index < -0.39 is 42.9 Å². The van der Waals surface area contributed by atoms with Crippen LogP contribution in [0.4, 0.5) is 0 Å². The summed E-state index contributed by atoms with van der Waals surface area (Å²) >= 11 is 0. The normalized spacial score (nSPS) is 16.8. The molecule has 0 radical (unpaired) electrons. The Bertz CT molecular complexity index is 362. The molecule has 8 nitrogen and oxygen atoms in total. The maximum Gasteiger partial charge on any atom is 0.341 e. The molecule has 1 fully saturated rings. The van der Waals surface area contributed by atoms with Crippen molar-refractivity contribution in [3.05, 3.63) is 0 Å². The number of hydrogen-bond acceptors (Lipinski definition) is 6. The van der Waals surface area contributed by atoms with Gasteiger partial charge in [0.25, 0.3) is 0 Å². The minimum absolute atomic E-state index is 0.106. The average Bonchev–Trinajstić information content (AvgIpc) is 2.58. The number of carbonyl (C=O) groups is 4. The lowest BCUT2D eigenvalue weighted by Crippen LogP contribution is -2.37. The van der Waals surface area contributed by atoms with Crippen LogP contribution in [0, 0.1) is 0 Å². The van der Waals surface area contributed by atoms with E-state index in [1.165, 1.54) is 0 Å². The predicted molar refractivity (Wildman–Crippen MR) is 55.2 cm³/mol. The highest BCUT2D eigenvalue weighted by atomic mass is 16.5. The van der Waals surface area contributed by atoms with Crippen molar-refractivity contribution in [3.63, 3.8) is 0 Å². The number of aliphatic carboxylic acids is 1. The monoisotopic (exact) mass is 259 g/mol. The minimum atomic E-state index is -1.30. The van der Waals surface area contributed by atoms with Crippen LogP contribution in [0.3, 0.4) is 0 Å². The summed E-state index contributed by atoms with van der Waals surface area (Å²) in [5.41, 5.74) is 0. The Morgan fingerprint density at radius 2 is 1.83 bits per heavy atom. The Kier molecular flexibility index (Phi) is 4.78. The Balaban J connectivity index is 2.34. The summed E-state index contributed by atoms with van der Waals surface area (Å²) in [5, 5.41) is 17.7. The van der Waals surface area contributed by atoms with Crippen molar-refractivity contribution in [2.75, 3.05) is 13.2 Å². The molecule has 0 aromatic carbocycles. The van der Waals surface area contributed by atoms with Crippen molar-refractivity contribution < 1.29 is 34.1 Å². The van der Waals surface area contributed by atoms with Crippen molar-refractivity contribution in [3.8, 4) is 0 Å². The van der Waals surface area contributed by atoms with Gasteiger partial charge in [-0.25, -0.2) is 4.79 Å². The van der Waals surface area contributed by atoms with Crippen LogP contribution in [0.5, 0.6) is 0 Å². The number of hydrogen-bond donors (Lipinski definition) is 2. The molecular weight excluding hydrogens is 246 g/mol. The van der Waals surface area contributed by atoms with Crippen LogP contribution in [-0.2, 0) is 23.9 Å². The van der Waals surface area contributed by atoms with E-state index in [1.54, 1.807) is 0 Å². The molecule has 100 valence electrons. The maximum atomic E-state index is 11.2. The number of carboxylic acid groups (broad SMARTS) is 1. The molecule has 0 aromatic heterocycles. The third-order valence-corrected chi connectivity index (χ3v) is 2.31. The van der Waals surface area contributed by atoms with Gasteiger partial charge in [0, 0.05) is 12.8 Å². The highest BCUT2D eigenvalue weighted by Crippen LogP contribution is 2.12. The van der Waals surface area contributed by atoms with E-state index in [1.807, 2.05) is 0 Å². The fourth-order valence-corrected chi connectivity index (χ4v) is 1.50. The molecule has 2 amide bonds. The number of aliphatic hydroxyl groups is 1. The van der Waals surface area contributed by atoms with Gasteiger partial charge in [-0.2, -0.15) is 0 Å². The zero-order valence-corrected chi connectivity index (χ0v) is 9.50. The third-order valence-electron chi connectivity index (χ3n) is 2.31. The van der Waals surface area contributed by atoms with E-state index in [0.29, 0.717) is 0 Å². The Morgan fingerprint density at radius 3 is 2.33 bits per heavy atom. The molecule has 0 bridgehead atoms. The molecule has 1 unspecified atom stereocenters. The van der Waals surface area contributed by atoms with Crippen molar-refractivity contribution in [1.29, 1.82) is 0 Å². The van der Waals surface area contributed by atoms with E-state index in [-0.39, 0.29) is 19.4 Å². The molecule has 18 heavy (non-hydrogen) atoms. The van der Waals surface area contributed by atoms with Gasteiger partial charge in [0.2, 0.25) is 11.8 Å². The Morgan fingerprint density at radius 1 is 1.28 bits per heavy atom. The molecule has 0 aromatic rings. The molecule has 0 saturated carbocycles. The number of ether oxygens (including phenoxy) is 1. The van der Waals surface area contributed by atoms with Crippen molar-refractivity contribution in [2.45, 2.75) is 25.4 Å². The molecule has 2 N–H and O–H groups in total. The molecule has 0 aliphatic carbocycles. The topological polar surface area (TPSA) is 121 Å². The first kappa shape index (κ1) is 14.1. The second-order valence-corrected chi connectivity index (χ2v) is 3.81. The van der Waals surface area contributed by atoms with E-state index in [9.17, 15) is 24.3 Å². The number of nitrogens with zero attached hydrogens (tertiary/aromatic N) is 1. The highest BCUT2D eigenvalue weighted by molar-refractivity contribution is 6.01. The summed E-state index contributed by atoms with van der Waals surface area (Å²) in [6.45, 7) is -1.06. The molecular formula is C10H13NO7. The molecule has 1 rings (SSSR count). The summed E-state index contributed by atoms with van der Waals surface area (Å²) in [5.74, 6) is -2.98. The van der Waals surface area contributed by atoms with Crippen molar-refractivity contribution in [1.82, 2.24) is 4.90 Å². The molecule has 1 aliphatic rings. The van der Waals surface area contributed by atoms with Crippen LogP contribution >= 0.6 is 0 Å². The van der Waals surface area contributed by atoms with Gasteiger partial charge >= 0.3 is 11.9 Å². The number of esters is 1. The fourth-order valence-electron chi connectivity index (χ4n) is 1.50. The van der Waals surface area contributed by atoms with Crippen LogP contribution in [0.1, 0.15) is 19.3 Å². The Hall–Kier alpha value is -1.96. The smallest absolute Gasteiger partial charge is 0.341 e. The van der Waals surface area contributed by atoms with E-state index in [2.05, 4.69) is 4.74 Å². The zero-order valence-electron chi connectivity index (χ0n) is 9.50. The number of carboxylic acids is 1. The second-order valence-electron chi connectivity index (χ2n) is 3.81. The van der Waals surface area contributed by atoms with E-state index in [4.69, 9.17) is 5.11 Å².